The second-order valence-electron chi connectivity index (χ2n) is 6.91. The smallest absolute Gasteiger partial charge is 0.238 e. The van der Waals surface area contributed by atoms with Gasteiger partial charge in [0.25, 0.3) is 0 Å². The van der Waals surface area contributed by atoms with E-state index < -0.39 is 5.54 Å². The summed E-state index contributed by atoms with van der Waals surface area (Å²) in [5.74, 6) is -0.00664. The van der Waals surface area contributed by atoms with Gasteiger partial charge in [-0.2, -0.15) is 5.26 Å². The van der Waals surface area contributed by atoms with Crippen molar-refractivity contribution < 1.29 is 4.79 Å². The molecular formula is C19H25N3O. The van der Waals surface area contributed by atoms with Gasteiger partial charge in [-0.3, -0.25) is 9.69 Å². The summed E-state index contributed by atoms with van der Waals surface area (Å²) in [6.45, 7) is 3.66. The van der Waals surface area contributed by atoms with Crippen molar-refractivity contribution in [3.8, 4) is 6.07 Å². The van der Waals surface area contributed by atoms with E-state index in [0.29, 0.717) is 0 Å². The first-order valence-electron chi connectivity index (χ1n) is 8.68. The molecule has 1 aromatic rings. The number of nitrogens with zero attached hydrogens (tertiary/aromatic N) is 2. The Morgan fingerprint density at radius 1 is 1.26 bits per heavy atom. The van der Waals surface area contributed by atoms with Crippen LogP contribution in [0.4, 0.5) is 0 Å². The van der Waals surface area contributed by atoms with E-state index >= 15 is 0 Å². The Balaban J connectivity index is 1.65. The third-order valence-corrected chi connectivity index (χ3v) is 5.37. The number of nitrogens with one attached hydrogen (secondary N) is 1. The number of benzene rings is 1. The molecule has 0 radical (unpaired) electrons. The molecule has 1 fully saturated rings. The number of fused-ring (bicyclic) bond motifs is 1. The Morgan fingerprint density at radius 3 is 2.65 bits per heavy atom. The largest absolute Gasteiger partial charge is 0.336 e. The Bertz CT molecular complexity index is 613. The van der Waals surface area contributed by atoms with Gasteiger partial charge in [0.15, 0.2) is 0 Å². The van der Waals surface area contributed by atoms with Crippen LogP contribution in [0.1, 0.15) is 50.2 Å². The van der Waals surface area contributed by atoms with Crippen LogP contribution in [0, 0.1) is 11.3 Å². The molecule has 23 heavy (non-hydrogen) atoms. The minimum absolute atomic E-state index is 0.00664. The van der Waals surface area contributed by atoms with Crippen LogP contribution in [-0.2, 0) is 17.8 Å². The van der Waals surface area contributed by atoms with E-state index in [9.17, 15) is 10.1 Å². The van der Waals surface area contributed by atoms with Crippen molar-refractivity contribution >= 4 is 5.91 Å². The van der Waals surface area contributed by atoms with Gasteiger partial charge in [0.1, 0.15) is 5.54 Å². The summed E-state index contributed by atoms with van der Waals surface area (Å²) in [6.07, 6.45) is 5.77. The molecular weight excluding hydrogens is 286 g/mol. The SMILES string of the molecule is CC(C(=O)NC1(C#N)CCCCC1)N1CCc2ccccc2C1. The van der Waals surface area contributed by atoms with E-state index in [-0.39, 0.29) is 11.9 Å². The summed E-state index contributed by atoms with van der Waals surface area (Å²) in [5, 5.41) is 12.6. The molecule has 3 rings (SSSR count). The molecule has 1 atom stereocenters. The van der Waals surface area contributed by atoms with Crippen LogP contribution in [-0.4, -0.2) is 28.9 Å². The highest BCUT2D eigenvalue weighted by atomic mass is 16.2. The predicted octanol–water partition coefficient (Wildman–Crippen LogP) is 2.78. The zero-order chi connectivity index (χ0) is 16.3. The van der Waals surface area contributed by atoms with Gasteiger partial charge >= 0.3 is 0 Å². The molecule has 0 bridgehead atoms. The van der Waals surface area contributed by atoms with Crippen molar-refractivity contribution in [2.75, 3.05) is 6.54 Å². The van der Waals surface area contributed by atoms with E-state index in [1.54, 1.807) is 0 Å². The van der Waals surface area contributed by atoms with Gasteiger partial charge in [0.2, 0.25) is 5.91 Å². The lowest BCUT2D eigenvalue weighted by atomic mass is 9.82. The number of hydrogen-bond donors (Lipinski definition) is 1. The molecule has 1 unspecified atom stereocenters. The number of carbonyl (C=O) groups excluding carboxylic acids is 1. The van der Waals surface area contributed by atoms with E-state index in [1.807, 2.05) is 6.92 Å². The zero-order valence-corrected chi connectivity index (χ0v) is 13.8. The Kier molecular flexibility index (Phi) is 4.68. The number of rotatable bonds is 3. The molecule has 4 heteroatoms. The Labute approximate surface area is 138 Å². The molecule has 1 heterocycles. The maximum Gasteiger partial charge on any atom is 0.238 e. The lowest BCUT2D eigenvalue weighted by molar-refractivity contribution is -0.128. The first-order chi connectivity index (χ1) is 11.1. The Morgan fingerprint density at radius 2 is 1.96 bits per heavy atom. The van der Waals surface area contributed by atoms with Gasteiger partial charge < -0.3 is 5.32 Å². The molecule has 1 N–H and O–H groups in total. The fraction of sp³-hybridized carbons (Fsp3) is 0.579. The number of hydrogen-bond acceptors (Lipinski definition) is 3. The maximum absolute atomic E-state index is 12.7. The molecule has 0 saturated heterocycles. The number of amides is 1. The third kappa shape index (κ3) is 3.40. The van der Waals surface area contributed by atoms with Gasteiger partial charge in [0, 0.05) is 13.1 Å². The van der Waals surface area contributed by atoms with E-state index in [0.717, 1.165) is 51.6 Å². The van der Waals surface area contributed by atoms with Gasteiger partial charge in [-0.15, -0.1) is 0 Å². The number of carbonyl (C=O) groups is 1. The maximum atomic E-state index is 12.7. The summed E-state index contributed by atoms with van der Waals surface area (Å²) in [4.78, 5) is 14.9. The first-order valence-corrected chi connectivity index (χ1v) is 8.68. The van der Waals surface area contributed by atoms with Crippen LogP contribution >= 0.6 is 0 Å². The number of nitriles is 1. The normalized spacial score (nSPS) is 21.7. The molecule has 0 aromatic heterocycles. The van der Waals surface area contributed by atoms with Crippen LogP contribution in [0.2, 0.25) is 0 Å². The molecule has 0 spiro atoms. The molecule has 1 aliphatic carbocycles. The summed E-state index contributed by atoms with van der Waals surface area (Å²) < 4.78 is 0. The fourth-order valence-electron chi connectivity index (χ4n) is 3.77. The molecule has 122 valence electrons. The highest BCUT2D eigenvalue weighted by Gasteiger charge is 2.36. The second kappa shape index (κ2) is 6.72. The average Bonchev–Trinajstić information content (AvgIpc) is 2.61. The van der Waals surface area contributed by atoms with Crippen molar-refractivity contribution in [3.63, 3.8) is 0 Å². The molecule has 1 aromatic carbocycles. The van der Waals surface area contributed by atoms with Crippen LogP contribution in [0.3, 0.4) is 0 Å². The average molecular weight is 311 g/mol. The topological polar surface area (TPSA) is 56.1 Å². The van der Waals surface area contributed by atoms with Crippen molar-refractivity contribution in [2.45, 2.75) is 63.6 Å². The molecule has 4 nitrogen and oxygen atoms in total. The summed E-state index contributed by atoms with van der Waals surface area (Å²) in [6, 6.07) is 10.6. The third-order valence-electron chi connectivity index (χ3n) is 5.37. The molecule has 2 aliphatic rings. The monoisotopic (exact) mass is 311 g/mol. The highest BCUT2D eigenvalue weighted by Crippen LogP contribution is 2.28. The van der Waals surface area contributed by atoms with Gasteiger partial charge in [0.05, 0.1) is 12.1 Å². The lowest BCUT2D eigenvalue weighted by Gasteiger charge is -2.36. The van der Waals surface area contributed by atoms with Crippen LogP contribution in [0.5, 0.6) is 0 Å². The van der Waals surface area contributed by atoms with Gasteiger partial charge in [-0.25, -0.2) is 0 Å². The second-order valence-corrected chi connectivity index (χ2v) is 6.91. The molecule has 1 saturated carbocycles. The summed E-state index contributed by atoms with van der Waals surface area (Å²) in [5.41, 5.74) is 2.06. The molecule has 1 aliphatic heterocycles. The highest BCUT2D eigenvalue weighted by molar-refractivity contribution is 5.82. The van der Waals surface area contributed by atoms with Crippen molar-refractivity contribution in [1.82, 2.24) is 10.2 Å². The van der Waals surface area contributed by atoms with Gasteiger partial charge in [-0.05, 0) is 37.3 Å². The first kappa shape index (κ1) is 16.0. The fourth-order valence-corrected chi connectivity index (χ4v) is 3.77. The van der Waals surface area contributed by atoms with Gasteiger partial charge in [-0.1, -0.05) is 43.5 Å². The summed E-state index contributed by atoms with van der Waals surface area (Å²) in [7, 11) is 0. The van der Waals surface area contributed by atoms with Crippen LogP contribution < -0.4 is 5.32 Å². The predicted molar refractivity (Wildman–Crippen MR) is 89.6 cm³/mol. The lowest BCUT2D eigenvalue weighted by Crippen LogP contribution is -2.55. The summed E-state index contributed by atoms with van der Waals surface area (Å²) >= 11 is 0. The minimum atomic E-state index is -0.642. The van der Waals surface area contributed by atoms with Crippen molar-refractivity contribution in [3.05, 3.63) is 35.4 Å². The van der Waals surface area contributed by atoms with Crippen LogP contribution in [0.15, 0.2) is 24.3 Å². The van der Waals surface area contributed by atoms with Crippen molar-refractivity contribution in [2.24, 2.45) is 0 Å². The Hall–Kier alpha value is -1.86. The van der Waals surface area contributed by atoms with Crippen molar-refractivity contribution in [1.29, 1.82) is 5.26 Å². The van der Waals surface area contributed by atoms with E-state index in [1.165, 1.54) is 11.1 Å². The zero-order valence-electron chi connectivity index (χ0n) is 13.8. The standard InChI is InChI=1S/C19H25N3O/c1-15(18(23)21-19(14-20)10-5-2-6-11-19)22-12-9-16-7-3-4-8-17(16)13-22/h3-4,7-8,15H,2,5-6,9-13H2,1H3,(H,21,23). The minimum Gasteiger partial charge on any atom is -0.336 e. The van der Waals surface area contributed by atoms with E-state index in [4.69, 9.17) is 0 Å². The molecule has 1 amide bonds. The van der Waals surface area contributed by atoms with E-state index in [2.05, 4.69) is 40.6 Å². The van der Waals surface area contributed by atoms with Crippen LogP contribution in [0.25, 0.3) is 0 Å². The quantitative estimate of drug-likeness (QED) is 0.934.